The number of imidazole rings is 1. The van der Waals surface area contributed by atoms with Gasteiger partial charge in [0.1, 0.15) is 16.7 Å². The van der Waals surface area contributed by atoms with Crippen molar-refractivity contribution >= 4 is 40.1 Å². The minimum Gasteiger partial charge on any atom is -0.334 e. The fraction of sp³-hybridized carbons (Fsp3) is 0.179. The van der Waals surface area contributed by atoms with E-state index in [1.165, 1.54) is 0 Å². The molecule has 6 N–H and O–H groups in total. The predicted octanol–water partition coefficient (Wildman–Crippen LogP) is 5.81. The third-order valence-electron chi connectivity index (χ3n) is 6.44. The maximum absolute atomic E-state index is 13.0. The number of hydrogen-bond acceptors (Lipinski definition) is 4. The Morgan fingerprint density at radius 2 is 1.87 bits per heavy atom. The first-order valence-electron chi connectivity index (χ1n) is 12.2. The summed E-state index contributed by atoms with van der Waals surface area (Å²) in [6.07, 6.45) is 0.514. The maximum Gasteiger partial charge on any atom is 0.315 e. The smallest absolute Gasteiger partial charge is 0.315 e. The molecule has 0 radical (unpaired) electrons. The van der Waals surface area contributed by atoms with Crippen LogP contribution in [-0.4, -0.2) is 26.2 Å². The molecule has 5 aromatic rings. The highest BCUT2D eigenvalue weighted by molar-refractivity contribution is 6.32. The molecule has 0 saturated carbocycles. The van der Waals surface area contributed by atoms with Crippen LogP contribution in [0.15, 0.2) is 66.7 Å². The van der Waals surface area contributed by atoms with E-state index in [0.29, 0.717) is 34.7 Å². The van der Waals surface area contributed by atoms with Crippen molar-refractivity contribution in [1.29, 1.82) is 0 Å². The Hall–Kier alpha value is -3.85. The van der Waals surface area contributed by atoms with E-state index in [-0.39, 0.29) is 12.6 Å². The van der Waals surface area contributed by atoms with Gasteiger partial charge in [-0.2, -0.15) is 5.10 Å². The number of rotatable bonds is 8. The number of amides is 2. The van der Waals surface area contributed by atoms with Gasteiger partial charge in [0.25, 0.3) is 0 Å². The number of nitrogens with two attached hydrogens (primary N) is 1. The zero-order chi connectivity index (χ0) is 26.6. The second-order valence-electron chi connectivity index (χ2n) is 9.05. The van der Waals surface area contributed by atoms with Gasteiger partial charge in [-0.3, -0.25) is 5.10 Å². The number of nitrogens with zero attached hydrogens (tertiary/aromatic N) is 2. The Kier molecular flexibility index (Phi) is 7.64. The van der Waals surface area contributed by atoms with Gasteiger partial charge in [0.05, 0.1) is 11.6 Å². The second-order valence-corrected chi connectivity index (χ2v) is 9.87. The van der Waals surface area contributed by atoms with Gasteiger partial charge in [0.2, 0.25) is 0 Å². The molecule has 194 valence electrons. The van der Waals surface area contributed by atoms with Crippen LogP contribution in [0.4, 0.5) is 4.79 Å². The SMILES string of the molecule is Cc1[nH]nc2cc(-c3nc([C@H](Cc4ccccc4)NC(=O)NCc4cc(Cl)ccc4CN)[nH]c3Cl)ccc12. The number of H-pyrrole nitrogens is 2. The number of carbonyl (C=O) groups excluding carboxylic acids is 1. The Labute approximate surface area is 230 Å². The summed E-state index contributed by atoms with van der Waals surface area (Å²) in [5.74, 6) is 0.549. The summed E-state index contributed by atoms with van der Waals surface area (Å²) >= 11 is 12.8. The molecule has 0 aliphatic rings. The number of carbonyl (C=O) groups is 1. The third-order valence-corrected chi connectivity index (χ3v) is 6.95. The molecule has 2 heterocycles. The number of halogens is 2. The average Bonchev–Trinajstić information content (AvgIpc) is 3.49. The van der Waals surface area contributed by atoms with Gasteiger partial charge >= 0.3 is 6.03 Å². The molecule has 0 fully saturated rings. The lowest BCUT2D eigenvalue weighted by Crippen LogP contribution is -2.39. The fourth-order valence-corrected chi connectivity index (χ4v) is 4.87. The molecule has 0 saturated heterocycles. The number of benzene rings is 3. The number of aromatic amines is 2. The summed E-state index contributed by atoms with van der Waals surface area (Å²) in [5.41, 5.74) is 11.9. The standard InChI is InChI=1S/C28H27Cl2N7O/c1-16-22-10-8-18(13-23(22)37-36-16)25-26(30)35-27(34-25)24(11-17-5-3-2-4-6-17)33-28(38)32-15-20-12-21(29)9-7-19(20)14-31/h2-10,12-13,24H,11,14-15,31H2,1H3,(H,34,35)(H,36,37)(H2,32,33,38)/t24-/m0/s1. The number of hydrogen-bond donors (Lipinski definition) is 5. The molecule has 0 bridgehead atoms. The van der Waals surface area contributed by atoms with Crippen LogP contribution in [0.5, 0.6) is 0 Å². The van der Waals surface area contributed by atoms with Crippen LogP contribution in [0.3, 0.4) is 0 Å². The molecule has 0 aliphatic heterocycles. The summed E-state index contributed by atoms with van der Waals surface area (Å²) < 4.78 is 0. The van der Waals surface area contributed by atoms with Crippen molar-refractivity contribution in [2.24, 2.45) is 5.73 Å². The van der Waals surface area contributed by atoms with Gasteiger partial charge in [-0.15, -0.1) is 0 Å². The third kappa shape index (κ3) is 5.67. The Morgan fingerprint density at radius 3 is 2.66 bits per heavy atom. The summed E-state index contributed by atoms with van der Waals surface area (Å²) in [5, 5.41) is 15.3. The van der Waals surface area contributed by atoms with Crippen LogP contribution in [0.2, 0.25) is 10.2 Å². The molecule has 5 rings (SSSR count). The number of urea groups is 1. The Morgan fingerprint density at radius 1 is 1.05 bits per heavy atom. The number of aryl methyl sites for hydroxylation is 1. The van der Waals surface area contributed by atoms with Crippen LogP contribution in [0.25, 0.3) is 22.2 Å². The van der Waals surface area contributed by atoms with Crippen molar-refractivity contribution in [2.45, 2.75) is 32.5 Å². The van der Waals surface area contributed by atoms with Gasteiger partial charge < -0.3 is 21.4 Å². The number of fused-ring (bicyclic) bond motifs is 1. The number of nitrogens with one attached hydrogen (secondary N) is 4. The average molecular weight is 548 g/mol. The lowest BCUT2D eigenvalue weighted by atomic mass is 10.1. The number of aromatic nitrogens is 4. The van der Waals surface area contributed by atoms with E-state index in [9.17, 15) is 4.79 Å². The fourth-order valence-electron chi connectivity index (χ4n) is 4.43. The van der Waals surface area contributed by atoms with Crippen molar-refractivity contribution < 1.29 is 4.79 Å². The van der Waals surface area contributed by atoms with Crippen LogP contribution in [0.1, 0.15) is 34.3 Å². The summed E-state index contributed by atoms with van der Waals surface area (Å²) in [4.78, 5) is 21.0. The molecule has 0 spiro atoms. The zero-order valence-electron chi connectivity index (χ0n) is 20.7. The minimum absolute atomic E-state index is 0.282. The lowest BCUT2D eigenvalue weighted by molar-refractivity contribution is 0.236. The van der Waals surface area contributed by atoms with E-state index in [1.807, 2.05) is 67.6 Å². The molecular formula is C28H27Cl2N7O. The van der Waals surface area contributed by atoms with E-state index in [0.717, 1.165) is 38.9 Å². The van der Waals surface area contributed by atoms with Crippen LogP contribution < -0.4 is 16.4 Å². The van der Waals surface area contributed by atoms with Gasteiger partial charge in [0, 0.05) is 34.8 Å². The first kappa shape index (κ1) is 25.8. The van der Waals surface area contributed by atoms with Crippen molar-refractivity contribution in [1.82, 2.24) is 30.8 Å². The summed E-state index contributed by atoms with van der Waals surface area (Å²) in [7, 11) is 0. The normalized spacial score (nSPS) is 12.0. The summed E-state index contributed by atoms with van der Waals surface area (Å²) in [6.45, 7) is 2.61. The molecule has 8 nitrogen and oxygen atoms in total. The van der Waals surface area contributed by atoms with Crippen LogP contribution in [0, 0.1) is 6.92 Å². The zero-order valence-corrected chi connectivity index (χ0v) is 22.2. The molecule has 2 aromatic heterocycles. The molecule has 38 heavy (non-hydrogen) atoms. The highest BCUT2D eigenvalue weighted by Gasteiger charge is 2.22. The molecule has 0 unspecified atom stereocenters. The van der Waals surface area contributed by atoms with Gasteiger partial charge in [-0.1, -0.05) is 71.7 Å². The largest absolute Gasteiger partial charge is 0.334 e. The summed E-state index contributed by atoms with van der Waals surface area (Å²) in [6, 6.07) is 20.4. The molecular weight excluding hydrogens is 521 g/mol. The highest BCUT2D eigenvalue weighted by atomic mass is 35.5. The first-order valence-corrected chi connectivity index (χ1v) is 12.9. The predicted molar refractivity (Wildman–Crippen MR) is 151 cm³/mol. The molecule has 10 heteroatoms. The van der Waals surface area contributed by atoms with Gasteiger partial charge in [-0.05, 0) is 48.2 Å². The van der Waals surface area contributed by atoms with Crippen molar-refractivity contribution in [2.75, 3.05) is 0 Å². The Bertz CT molecular complexity index is 1580. The topological polar surface area (TPSA) is 125 Å². The lowest BCUT2D eigenvalue weighted by Gasteiger charge is -2.18. The van der Waals surface area contributed by atoms with Gasteiger partial charge in [-0.25, -0.2) is 9.78 Å². The minimum atomic E-state index is -0.464. The van der Waals surface area contributed by atoms with Gasteiger partial charge in [0.15, 0.2) is 0 Å². The van der Waals surface area contributed by atoms with E-state index < -0.39 is 6.04 Å². The first-order chi connectivity index (χ1) is 18.4. The Balaban J connectivity index is 1.39. The van der Waals surface area contributed by atoms with Crippen molar-refractivity contribution in [3.05, 3.63) is 105 Å². The van der Waals surface area contributed by atoms with Crippen LogP contribution in [-0.2, 0) is 19.5 Å². The molecule has 2 amide bonds. The van der Waals surface area contributed by atoms with E-state index in [1.54, 1.807) is 6.07 Å². The van der Waals surface area contributed by atoms with E-state index >= 15 is 0 Å². The van der Waals surface area contributed by atoms with E-state index in [4.69, 9.17) is 33.9 Å². The van der Waals surface area contributed by atoms with Crippen LogP contribution >= 0.6 is 23.2 Å². The van der Waals surface area contributed by atoms with Crippen molar-refractivity contribution in [3.63, 3.8) is 0 Å². The quantitative estimate of drug-likeness (QED) is 0.168. The molecule has 0 aliphatic carbocycles. The second kappa shape index (κ2) is 11.3. The molecule has 3 aromatic carbocycles. The van der Waals surface area contributed by atoms with Crippen molar-refractivity contribution in [3.8, 4) is 11.3 Å². The molecule has 1 atom stereocenters. The maximum atomic E-state index is 13.0. The van der Waals surface area contributed by atoms with E-state index in [2.05, 4.69) is 25.8 Å². The monoisotopic (exact) mass is 547 g/mol. The highest BCUT2D eigenvalue weighted by Crippen LogP contribution is 2.31.